The number of rotatable bonds is 4. The molecule has 1 amide bonds. The molecule has 1 rings (SSSR count). The van der Waals surface area contributed by atoms with Gasteiger partial charge in [-0.25, -0.2) is 5.84 Å². The summed E-state index contributed by atoms with van der Waals surface area (Å²) in [5.41, 5.74) is 2.20. The Balaban J connectivity index is 2.38. The van der Waals surface area contributed by atoms with Crippen LogP contribution in [0.25, 0.3) is 0 Å². The Labute approximate surface area is 98.5 Å². The van der Waals surface area contributed by atoms with Gasteiger partial charge in [-0.2, -0.15) is 0 Å². The summed E-state index contributed by atoms with van der Waals surface area (Å²) in [6.45, 7) is 6.63. The summed E-state index contributed by atoms with van der Waals surface area (Å²) < 4.78 is 0. The smallest absolute Gasteiger partial charge is 0.235 e. The molecule has 1 saturated heterocycles. The maximum absolute atomic E-state index is 11.2. The van der Waals surface area contributed by atoms with Crippen LogP contribution in [0.15, 0.2) is 0 Å². The summed E-state index contributed by atoms with van der Waals surface area (Å²) in [6.07, 6.45) is 5.65. The molecule has 0 saturated carbocycles. The lowest BCUT2D eigenvalue weighted by Gasteiger charge is -2.27. The SMILES string of the molecule is CCC1CCCN(C(C)CC(=O)NN)CC1. The molecule has 2 unspecified atom stereocenters. The van der Waals surface area contributed by atoms with E-state index in [1.54, 1.807) is 0 Å². The van der Waals surface area contributed by atoms with Gasteiger partial charge in [0.25, 0.3) is 0 Å². The lowest BCUT2D eigenvalue weighted by atomic mass is 9.98. The molecule has 16 heavy (non-hydrogen) atoms. The van der Waals surface area contributed by atoms with E-state index in [-0.39, 0.29) is 5.91 Å². The first kappa shape index (κ1) is 13.5. The van der Waals surface area contributed by atoms with Crippen molar-refractivity contribution in [2.75, 3.05) is 13.1 Å². The molecule has 1 heterocycles. The van der Waals surface area contributed by atoms with Gasteiger partial charge in [-0.15, -0.1) is 0 Å². The molecule has 2 atom stereocenters. The van der Waals surface area contributed by atoms with Crippen LogP contribution in [0.2, 0.25) is 0 Å². The number of hydrogen-bond donors (Lipinski definition) is 2. The van der Waals surface area contributed by atoms with Crippen LogP contribution in [-0.4, -0.2) is 29.9 Å². The minimum absolute atomic E-state index is 0.0659. The van der Waals surface area contributed by atoms with Crippen molar-refractivity contribution in [2.45, 2.75) is 52.0 Å². The van der Waals surface area contributed by atoms with Gasteiger partial charge < -0.3 is 4.90 Å². The highest BCUT2D eigenvalue weighted by Gasteiger charge is 2.21. The number of carbonyl (C=O) groups excluding carboxylic acids is 1. The molecule has 4 heteroatoms. The lowest BCUT2D eigenvalue weighted by Crippen LogP contribution is -2.40. The zero-order valence-corrected chi connectivity index (χ0v) is 10.5. The fourth-order valence-electron chi connectivity index (χ4n) is 2.49. The molecule has 1 aliphatic heterocycles. The van der Waals surface area contributed by atoms with Gasteiger partial charge in [-0.1, -0.05) is 13.3 Å². The molecule has 0 bridgehead atoms. The van der Waals surface area contributed by atoms with Crippen molar-refractivity contribution in [1.82, 2.24) is 10.3 Å². The molecule has 94 valence electrons. The first-order valence-electron chi connectivity index (χ1n) is 6.40. The van der Waals surface area contributed by atoms with E-state index in [1.807, 2.05) is 0 Å². The molecule has 0 radical (unpaired) electrons. The van der Waals surface area contributed by atoms with Crippen molar-refractivity contribution in [3.05, 3.63) is 0 Å². The molecule has 0 aromatic rings. The number of likely N-dealkylation sites (tertiary alicyclic amines) is 1. The summed E-state index contributed by atoms with van der Waals surface area (Å²) in [5, 5.41) is 0. The summed E-state index contributed by atoms with van der Waals surface area (Å²) in [4.78, 5) is 13.6. The van der Waals surface area contributed by atoms with E-state index < -0.39 is 0 Å². The first-order chi connectivity index (χ1) is 7.67. The van der Waals surface area contributed by atoms with Crippen molar-refractivity contribution in [2.24, 2.45) is 11.8 Å². The van der Waals surface area contributed by atoms with Crippen LogP contribution in [0, 0.1) is 5.92 Å². The number of hydrogen-bond acceptors (Lipinski definition) is 3. The molecule has 0 aliphatic carbocycles. The largest absolute Gasteiger partial charge is 0.300 e. The monoisotopic (exact) mass is 227 g/mol. The Bertz CT molecular complexity index is 220. The first-order valence-corrected chi connectivity index (χ1v) is 6.40. The molecule has 1 aliphatic rings. The number of nitrogens with zero attached hydrogens (tertiary/aromatic N) is 1. The Morgan fingerprint density at radius 2 is 2.25 bits per heavy atom. The summed E-state index contributed by atoms with van der Waals surface area (Å²) in [6, 6.07) is 0.305. The number of amides is 1. The van der Waals surface area contributed by atoms with Gasteiger partial charge in [0.05, 0.1) is 0 Å². The highest BCUT2D eigenvalue weighted by molar-refractivity contribution is 5.75. The molecule has 0 aromatic carbocycles. The lowest BCUT2D eigenvalue weighted by molar-refractivity contribution is -0.122. The summed E-state index contributed by atoms with van der Waals surface area (Å²) in [7, 11) is 0. The van der Waals surface area contributed by atoms with E-state index in [9.17, 15) is 4.79 Å². The van der Waals surface area contributed by atoms with Gasteiger partial charge >= 0.3 is 0 Å². The minimum atomic E-state index is -0.0659. The predicted octanol–water partition coefficient (Wildman–Crippen LogP) is 1.27. The van der Waals surface area contributed by atoms with Gasteiger partial charge in [0.1, 0.15) is 0 Å². The van der Waals surface area contributed by atoms with Gasteiger partial charge in [-0.3, -0.25) is 10.2 Å². The van der Waals surface area contributed by atoms with E-state index in [0.29, 0.717) is 12.5 Å². The van der Waals surface area contributed by atoms with Crippen LogP contribution in [0.4, 0.5) is 0 Å². The van der Waals surface area contributed by atoms with Gasteiger partial charge in [0, 0.05) is 12.5 Å². The van der Waals surface area contributed by atoms with Crippen LogP contribution >= 0.6 is 0 Å². The Morgan fingerprint density at radius 1 is 1.50 bits per heavy atom. The maximum Gasteiger partial charge on any atom is 0.235 e. The van der Waals surface area contributed by atoms with E-state index >= 15 is 0 Å². The molecular formula is C12H25N3O. The van der Waals surface area contributed by atoms with Crippen molar-refractivity contribution < 1.29 is 4.79 Å². The Morgan fingerprint density at radius 3 is 2.88 bits per heavy atom. The third kappa shape index (κ3) is 4.10. The second kappa shape index (κ2) is 6.86. The quantitative estimate of drug-likeness (QED) is 0.432. The van der Waals surface area contributed by atoms with Crippen LogP contribution in [0.3, 0.4) is 0 Å². The normalized spacial score (nSPS) is 24.8. The third-order valence-corrected chi connectivity index (χ3v) is 3.72. The number of nitrogens with one attached hydrogen (secondary N) is 1. The Hall–Kier alpha value is -0.610. The second-order valence-corrected chi connectivity index (χ2v) is 4.86. The van der Waals surface area contributed by atoms with Crippen molar-refractivity contribution in [1.29, 1.82) is 0 Å². The van der Waals surface area contributed by atoms with E-state index in [1.165, 1.54) is 25.7 Å². The fourth-order valence-corrected chi connectivity index (χ4v) is 2.49. The topological polar surface area (TPSA) is 58.4 Å². The maximum atomic E-state index is 11.2. The highest BCUT2D eigenvalue weighted by Crippen LogP contribution is 2.21. The second-order valence-electron chi connectivity index (χ2n) is 4.86. The van der Waals surface area contributed by atoms with Crippen molar-refractivity contribution >= 4 is 5.91 Å². The number of hydrazine groups is 1. The third-order valence-electron chi connectivity index (χ3n) is 3.72. The average Bonchev–Trinajstić information content (AvgIpc) is 2.53. The fraction of sp³-hybridized carbons (Fsp3) is 0.917. The Kier molecular flexibility index (Phi) is 5.77. The predicted molar refractivity (Wildman–Crippen MR) is 65.6 cm³/mol. The average molecular weight is 227 g/mol. The molecule has 0 spiro atoms. The van der Waals surface area contributed by atoms with Crippen molar-refractivity contribution in [3.8, 4) is 0 Å². The summed E-state index contributed by atoms with van der Waals surface area (Å²) >= 11 is 0. The summed E-state index contributed by atoms with van der Waals surface area (Å²) in [5.74, 6) is 5.92. The molecular weight excluding hydrogens is 202 g/mol. The van der Waals surface area contributed by atoms with E-state index in [0.717, 1.165) is 19.0 Å². The van der Waals surface area contributed by atoms with Crippen LogP contribution in [0.1, 0.15) is 46.0 Å². The zero-order chi connectivity index (χ0) is 12.0. The highest BCUT2D eigenvalue weighted by atomic mass is 16.2. The van der Waals surface area contributed by atoms with Gasteiger partial charge in [0.15, 0.2) is 0 Å². The molecule has 0 aromatic heterocycles. The van der Waals surface area contributed by atoms with Crippen molar-refractivity contribution in [3.63, 3.8) is 0 Å². The van der Waals surface area contributed by atoms with Gasteiger partial charge in [0.2, 0.25) is 5.91 Å². The van der Waals surface area contributed by atoms with Crippen LogP contribution < -0.4 is 11.3 Å². The standard InChI is InChI=1S/C12H25N3O/c1-3-11-5-4-7-15(8-6-11)10(2)9-12(16)14-13/h10-11H,3-9,13H2,1-2H3,(H,14,16). The van der Waals surface area contributed by atoms with Crippen LogP contribution in [-0.2, 0) is 4.79 Å². The number of nitrogens with two attached hydrogens (primary N) is 1. The molecule has 3 N–H and O–H groups in total. The molecule has 1 fully saturated rings. The molecule has 4 nitrogen and oxygen atoms in total. The zero-order valence-electron chi connectivity index (χ0n) is 10.5. The number of carbonyl (C=O) groups is 1. The van der Waals surface area contributed by atoms with Gasteiger partial charge in [-0.05, 0) is 45.2 Å². The van der Waals surface area contributed by atoms with Crippen LogP contribution in [0.5, 0.6) is 0 Å². The minimum Gasteiger partial charge on any atom is -0.300 e. The van der Waals surface area contributed by atoms with E-state index in [2.05, 4.69) is 24.2 Å². The van der Waals surface area contributed by atoms with E-state index in [4.69, 9.17) is 5.84 Å².